The monoisotopic (exact) mass is 226 g/mol. The number of fused-ring (bicyclic) bond motifs is 1. The molecule has 1 N–H and O–H groups in total. The maximum Gasteiger partial charge on any atom is 0.265 e. The summed E-state index contributed by atoms with van der Waals surface area (Å²) in [7, 11) is -3.92. The molecule has 15 heavy (non-hydrogen) atoms. The van der Waals surface area contributed by atoms with Crippen LogP contribution in [0.2, 0.25) is 0 Å². The van der Waals surface area contributed by atoms with Crippen molar-refractivity contribution in [1.29, 1.82) is 0 Å². The van der Waals surface area contributed by atoms with Crippen molar-refractivity contribution in [2.45, 2.75) is 6.42 Å². The summed E-state index contributed by atoms with van der Waals surface area (Å²) in [4.78, 5) is 0. The van der Waals surface area contributed by atoms with Crippen molar-refractivity contribution in [3.05, 3.63) is 36.1 Å². The summed E-state index contributed by atoms with van der Waals surface area (Å²) in [6.07, 6.45) is 0.188. The van der Waals surface area contributed by atoms with Gasteiger partial charge in [0.1, 0.15) is 11.3 Å². The number of furan rings is 1. The molecule has 0 saturated carbocycles. The van der Waals surface area contributed by atoms with Gasteiger partial charge in [-0.05, 0) is 12.1 Å². The molecule has 1 aromatic heterocycles. The zero-order chi connectivity index (χ0) is 10.9. The van der Waals surface area contributed by atoms with E-state index in [1.165, 1.54) is 0 Å². The van der Waals surface area contributed by atoms with Crippen LogP contribution in [0.4, 0.5) is 0 Å². The van der Waals surface area contributed by atoms with Crippen molar-refractivity contribution in [2.24, 2.45) is 0 Å². The summed E-state index contributed by atoms with van der Waals surface area (Å²) < 4.78 is 35.0. The molecule has 0 bridgehead atoms. The van der Waals surface area contributed by atoms with Crippen molar-refractivity contribution in [2.75, 3.05) is 5.75 Å². The molecule has 0 amide bonds. The van der Waals surface area contributed by atoms with Gasteiger partial charge in [0.15, 0.2) is 0 Å². The number of benzene rings is 1. The van der Waals surface area contributed by atoms with Crippen LogP contribution in [0.15, 0.2) is 34.7 Å². The summed E-state index contributed by atoms with van der Waals surface area (Å²) in [5, 5.41) is 0.933. The second-order valence-electron chi connectivity index (χ2n) is 3.29. The van der Waals surface area contributed by atoms with Crippen LogP contribution in [0.1, 0.15) is 5.76 Å². The van der Waals surface area contributed by atoms with E-state index < -0.39 is 10.1 Å². The number of hydrogen-bond donors (Lipinski definition) is 1. The lowest BCUT2D eigenvalue weighted by Gasteiger charge is -1.92. The number of aryl methyl sites for hydroxylation is 1. The first-order chi connectivity index (χ1) is 7.04. The molecule has 0 radical (unpaired) electrons. The summed E-state index contributed by atoms with van der Waals surface area (Å²) in [5.41, 5.74) is 0.725. The van der Waals surface area contributed by atoms with Gasteiger partial charge in [-0.15, -0.1) is 0 Å². The molecule has 0 saturated heterocycles. The molecule has 80 valence electrons. The van der Waals surface area contributed by atoms with E-state index in [1.54, 1.807) is 6.07 Å². The largest absolute Gasteiger partial charge is 0.461 e. The van der Waals surface area contributed by atoms with Gasteiger partial charge in [-0.1, -0.05) is 18.2 Å². The molecule has 0 fully saturated rings. The van der Waals surface area contributed by atoms with E-state index in [9.17, 15) is 8.42 Å². The predicted octanol–water partition coefficient (Wildman–Crippen LogP) is 1.86. The van der Waals surface area contributed by atoms with E-state index >= 15 is 0 Å². The standard InChI is InChI=1S/C10H10O4S/c11-15(12,13)6-5-9-7-8-3-1-2-4-10(8)14-9/h1-4,7H,5-6H2,(H,11,12,13). The predicted molar refractivity (Wildman–Crippen MR) is 56.3 cm³/mol. The van der Waals surface area contributed by atoms with Crippen LogP contribution in [0.5, 0.6) is 0 Å². The van der Waals surface area contributed by atoms with Gasteiger partial charge in [0, 0.05) is 11.8 Å². The van der Waals surface area contributed by atoms with Gasteiger partial charge in [-0.2, -0.15) is 8.42 Å². The van der Waals surface area contributed by atoms with Crippen LogP contribution < -0.4 is 0 Å². The Hall–Kier alpha value is -1.33. The minimum absolute atomic E-state index is 0.188. The van der Waals surface area contributed by atoms with Gasteiger partial charge in [-0.25, -0.2) is 0 Å². The molecule has 2 rings (SSSR count). The maximum atomic E-state index is 10.5. The molecule has 0 aliphatic heterocycles. The quantitative estimate of drug-likeness (QED) is 0.811. The van der Waals surface area contributed by atoms with Gasteiger partial charge < -0.3 is 4.42 Å². The Morgan fingerprint density at radius 1 is 1.27 bits per heavy atom. The second kappa shape index (κ2) is 3.67. The zero-order valence-corrected chi connectivity index (χ0v) is 8.70. The van der Waals surface area contributed by atoms with Crippen molar-refractivity contribution in [3.63, 3.8) is 0 Å². The Morgan fingerprint density at radius 3 is 2.67 bits per heavy atom. The first-order valence-electron chi connectivity index (χ1n) is 4.47. The summed E-state index contributed by atoms with van der Waals surface area (Å²) in [5.74, 6) is 0.251. The van der Waals surface area contributed by atoms with E-state index in [4.69, 9.17) is 8.97 Å². The molecule has 1 aromatic carbocycles. The fraction of sp³-hybridized carbons (Fsp3) is 0.200. The minimum atomic E-state index is -3.92. The first-order valence-corrected chi connectivity index (χ1v) is 6.08. The van der Waals surface area contributed by atoms with Gasteiger partial charge in [0.2, 0.25) is 0 Å². The lowest BCUT2D eigenvalue weighted by Crippen LogP contribution is -2.05. The highest BCUT2D eigenvalue weighted by Crippen LogP contribution is 2.19. The number of para-hydroxylation sites is 1. The summed E-state index contributed by atoms with van der Waals surface area (Å²) in [6, 6.07) is 9.20. The van der Waals surface area contributed by atoms with Crippen LogP contribution in [0.3, 0.4) is 0 Å². The molecule has 0 aliphatic rings. The van der Waals surface area contributed by atoms with Crippen LogP contribution in [0.25, 0.3) is 11.0 Å². The van der Waals surface area contributed by atoms with Crippen molar-refractivity contribution < 1.29 is 17.4 Å². The van der Waals surface area contributed by atoms with Crippen molar-refractivity contribution >= 4 is 21.1 Å². The average molecular weight is 226 g/mol. The summed E-state index contributed by atoms with van der Waals surface area (Å²) in [6.45, 7) is 0. The van der Waals surface area contributed by atoms with Gasteiger partial charge in [-0.3, -0.25) is 4.55 Å². The SMILES string of the molecule is O=S(=O)(O)CCc1cc2ccccc2o1. The van der Waals surface area contributed by atoms with Gasteiger partial charge in [0.25, 0.3) is 10.1 Å². The first kappa shape index (κ1) is 10.2. The lowest BCUT2D eigenvalue weighted by molar-refractivity contribution is 0.477. The molecular formula is C10H10O4S. The highest BCUT2D eigenvalue weighted by atomic mass is 32.2. The molecule has 0 spiro atoms. The second-order valence-corrected chi connectivity index (χ2v) is 4.86. The van der Waals surface area contributed by atoms with Gasteiger partial charge in [0.05, 0.1) is 5.75 Å². The molecule has 5 heteroatoms. The zero-order valence-electron chi connectivity index (χ0n) is 7.88. The third kappa shape index (κ3) is 2.57. The number of rotatable bonds is 3. The highest BCUT2D eigenvalue weighted by Gasteiger charge is 2.08. The minimum Gasteiger partial charge on any atom is -0.461 e. The number of hydrogen-bond acceptors (Lipinski definition) is 3. The molecule has 0 aliphatic carbocycles. The lowest BCUT2D eigenvalue weighted by atomic mass is 10.2. The molecular weight excluding hydrogens is 216 g/mol. The fourth-order valence-electron chi connectivity index (χ4n) is 1.39. The Kier molecular flexibility index (Phi) is 2.50. The molecule has 1 heterocycles. The molecule has 2 aromatic rings. The topological polar surface area (TPSA) is 67.5 Å². The Balaban J connectivity index is 2.23. The molecule has 4 nitrogen and oxygen atoms in total. The Labute approximate surface area is 87.3 Å². The smallest absolute Gasteiger partial charge is 0.265 e. The van der Waals surface area contributed by atoms with E-state index in [-0.39, 0.29) is 12.2 Å². The summed E-state index contributed by atoms with van der Waals surface area (Å²) >= 11 is 0. The van der Waals surface area contributed by atoms with Crippen molar-refractivity contribution in [3.8, 4) is 0 Å². The van der Waals surface area contributed by atoms with E-state index in [0.717, 1.165) is 11.0 Å². The molecule has 0 atom stereocenters. The molecule has 0 unspecified atom stereocenters. The highest BCUT2D eigenvalue weighted by molar-refractivity contribution is 7.85. The third-order valence-electron chi connectivity index (χ3n) is 2.08. The Bertz CT molecular complexity index is 535. The Morgan fingerprint density at radius 2 is 2.00 bits per heavy atom. The van der Waals surface area contributed by atoms with Crippen LogP contribution >= 0.6 is 0 Å². The van der Waals surface area contributed by atoms with E-state index in [1.807, 2.05) is 24.3 Å². The van der Waals surface area contributed by atoms with E-state index in [0.29, 0.717) is 5.76 Å². The van der Waals surface area contributed by atoms with Gasteiger partial charge >= 0.3 is 0 Å². The van der Waals surface area contributed by atoms with Crippen LogP contribution in [0, 0.1) is 0 Å². The van der Waals surface area contributed by atoms with E-state index in [2.05, 4.69) is 0 Å². The van der Waals surface area contributed by atoms with Crippen LogP contribution in [-0.2, 0) is 16.5 Å². The van der Waals surface area contributed by atoms with Crippen molar-refractivity contribution in [1.82, 2.24) is 0 Å². The fourth-order valence-corrected chi connectivity index (χ4v) is 1.85. The normalized spacial score (nSPS) is 12.1. The third-order valence-corrected chi connectivity index (χ3v) is 2.80. The van der Waals surface area contributed by atoms with Crippen LogP contribution in [-0.4, -0.2) is 18.7 Å². The average Bonchev–Trinajstić information content (AvgIpc) is 2.56. The maximum absolute atomic E-state index is 10.5.